The second-order valence-corrected chi connectivity index (χ2v) is 6.76. The van der Waals surface area contributed by atoms with Gasteiger partial charge < -0.3 is 5.32 Å². The van der Waals surface area contributed by atoms with Gasteiger partial charge in [-0.3, -0.25) is 0 Å². The van der Waals surface area contributed by atoms with Crippen LogP contribution in [0.3, 0.4) is 0 Å². The summed E-state index contributed by atoms with van der Waals surface area (Å²) < 4.78 is 62.4. The zero-order valence-corrected chi connectivity index (χ0v) is 12.1. The molecule has 0 radical (unpaired) electrons. The summed E-state index contributed by atoms with van der Waals surface area (Å²) in [7, 11) is -3.93. The van der Waals surface area contributed by atoms with E-state index in [0.29, 0.717) is 18.2 Å². The Balaban J connectivity index is 2.03. The van der Waals surface area contributed by atoms with E-state index >= 15 is 0 Å². The normalized spacial score (nSPS) is 16.1. The van der Waals surface area contributed by atoms with E-state index in [-0.39, 0.29) is 4.90 Å². The predicted molar refractivity (Wildman–Crippen MR) is 72.2 cm³/mol. The van der Waals surface area contributed by atoms with Crippen molar-refractivity contribution in [3.8, 4) is 0 Å². The molecule has 0 saturated heterocycles. The lowest BCUT2D eigenvalue weighted by molar-refractivity contribution is -0.132. The van der Waals surface area contributed by atoms with Crippen LogP contribution in [-0.2, 0) is 16.6 Å². The highest BCUT2D eigenvalue weighted by molar-refractivity contribution is 7.89. The molecule has 0 atom stereocenters. The summed E-state index contributed by atoms with van der Waals surface area (Å²) in [5.41, 5.74) is 0.559. The summed E-state index contributed by atoms with van der Waals surface area (Å²) in [6, 6.07) is 6.74. The molecule has 1 aromatic carbocycles. The SMILES string of the molecule is O=S(=O)(NCCC(F)(F)F)c1ccccc1CNC1CC1. The van der Waals surface area contributed by atoms with Gasteiger partial charge in [-0.1, -0.05) is 18.2 Å². The molecule has 0 bridgehead atoms. The van der Waals surface area contributed by atoms with Crippen LogP contribution in [0.5, 0.6) is 0 Å². The van der Waals surface area contributed by atoms with E-state index in [4.69, 9.17) is 0 Å². The fourth-order valence-corrected chi connectivity index (χ4v) is 3.13. The van der Waals surface area contributed by atoms with Gasteiger partial charge in [0.25, 0.3) is 0 Å². The Kier molecular flexibility index (Phi) is 4.90. The standard InChI is InChI=1S/C13H17F3N2O2S/c14-13(15,16)7-8-18-21(19,20)12-4-2-1-3-10(12)9-17-11-5-6-11/h1-4,11,17-18H,5-9H2. The molecule has 0 aliphatic heterocycles. The molecule has 118 valence electrons. The summed E-state index contributed by atoms with van der Waals surface area (Å²) in [4.78, 5) is 0.0281. The van der Waals surface area contributed by atoms with Crippen molar-refractivity contribution in [3.05, 3.63) is 29.8 Å². The topological polar surface area (TPSA) is 58.2 Å². The van der Waals surface area contributed by atoms with Gasteiger partial charge in [-0.25, -0.2) is 13.1 Å². The summed E-state index contributed by atoms with van der Waals surface area (Å²) >= 11 is 0. The van der Waals surface area contributed by atoms with Crippen LogP contribution >= 0.6 is 0 Å². The molecule has 1 aromatic rings. The number of sulfonamides is 1. The molecule has 1 saturated carbocycles. The smallest absolute Gasteiger partial charge is 0.310 e. The summed E-state index contributed by atoms with van der Waals surface area (Å²) in [5.74, 6) is 0. The van der Waals surface area contributed by atoms with Crippen LogP contribution in [-0.4, -0.2) is 27.2 Å². The lowest BCUT2D eigenvalue weighted by atomic mass is 10.2. The van der Waals surface area contributed by atoms with Gasteiger partial charge in [0.2, 0.25) is 10.0 Å². The molecular weight excluding hydrogens is 305 g/mol. The van der Waals surface area contributed by atoms with Crippen molar-refractivity contribution in [1.82, 2.24) is 10.0 Å². The van der Waals surface area contributed by atoms with Gasteiger partial charge >= 0.3 is 6.18 Å². The average molecular weight is 322 g/mol. The van der Waals surface area contributed by atoms with Gasteiger partial charge in [0.1, 0.15) is 0 Å². The van der Waals surface area contributed by atoms with Crippen LogP contribution < -0.4 is 10.0 Å². The molecule has 21 heavy (non-hydrogen) atoms. The zero-order valence-electron chi connectivity index (χ0n) is 11.3. The highest BCUT2D eigenvalue weighted by atomic mass is 32.2. The summed E-state index contributed by atoms with van der Waals surface area (Å²) in [6.45, 7) is -0.267. The van der Waals surface area contributed by atoms with Crippen LogP contribution in [0.15, 0.2) is 29.2 Å². The first-order valence-electron chi connectivity index (χ1n) is 6.66. The van der Waals surface area contributed by atoms with Gasteiger partial charge in [0.05, 0.1) is 11.3 Å². The van der Waals surface area contributed by atoms with Crippen molar-refractivity contribution >= 4 is 10.0 Å². The fourth-order valence-electron chi connectivity index (χ4n) is 1.86. The van der Waals surface area contributed by atoms with Crippen molar-refractivity contribution in [2.75, 3.05) is 6.54 Å². The maximum atomic E-state index is 12.1. The first-order valence-corrected chi connectivity index (χ1v) is 8.14. The van der Waals surface area contributed by atoms with Crippen LogP contribution in [0, 0.1) is 0 Å². The van der Waals surface area contributed by atoms with Gasteiger partial charge in [0, 0.05) is 19.1 Å². The number of hydrogen-bond acceptors (Lipinski definition) is 3. The molecule has 0 unspecified atom stereocenters. The van der Waals surface area contributed by atoms with E-state index in [1.54, 1.807) is 18.2 Å². The number of halogens is 3. The Bertz CT molecular complexity index is 583. The zero-order chi connectivity index (χ0) is 15.5. The minimum atomic E-state index is -4.38. The van der Waals surface area contributed by atoms with Crippen molar-refractivity contribution in [2.45, 2.75) is 42.9 Å². The first-order chi connectivity index (χ1) is 9.78. The lowest BCUT2D eigenvalue weighted by Crippen LogP contribution is -2.29. The average Bonchev–Trinajstić information content (AvgIpc) is 3.19. The molecule has 0 aromatic heterocycles. The largest absolute Gasteiger partial charge is 0.390 e. The quantitative estimate of drug-likeness (QED) is 0.809. The molecule has 1 fully saturated rings. The van der Waals surface area contributed by atoms with Gasteiger partial charge in [0.15, 0.2) is 0 Å². The molecule has 4 nitrogen and oxygen atoms in total. The number of hydrogen-bond donors (Lipinski definition) is 2. The minimum absolute atomic E-state index is 0.0281. The third-order valence-corrected chi connectivity index (χ3v) is 4.68. The van der Waals surface area contributed by atoms with Crippen molar-refractivity contribution < 1.29 is 21.6 Å². The minimum Gasteiger partial charge on any atom is -0.310 e. The van der Waals surface area contributed by atoms with Crippen LogP contribution in [0.1, 0.15) is 24.8 Å². The maximum absolute atomic E-state index is 12.1. The Labute approximate surface area is 121 Å². The molecule has 2 N–H and O–H groups in total. The maximum Gasteiger partial charge on any atom is 0.390 e. The van der Waals surface area contributed by atoms with Crippen molar-refractivity contribution in [1.29, 1.82) is 0 Å². The molecule has 0 heterocycles. The van der Waals surface area contributed by atoms with E-state index in [1.807, 2.05) is 4.72 Å². The Morgan fingerprint density at radius 1 is 1.19 bits per heavy atom. The molecule has 0 spiro atoms. The van der Waals surface area contributed by atoms with E-state index in [2.05, 4.69) is 5.32 Å². The van der Waals surface area contributed by atoms with Crippen LogP contribution in [0.25, 0.3) is 0 Å². The highest BCUT2D eigenvalue weighted by Gasteiger charge is 2.28. The van der Waals surface area contributed by atoms with E-state index in [1.165, 1.54) is 6.07 Å². The van der Waals surface area contributed by atoms with Crippen LogP contribution in [0.4, 0.5) is 13.2 Å². The fraction of sp³-hybridized carbons (Fsp3) is 0.538. The third-order valence-electron chi connectivity index (χ3n) is 3.12. The predicted octanol–water partition coefficient (Wildman–Crippen LogP) is 2.17. The number of rotatable bonds is 7. The summed E-state index contributed by atoms with van der Waals surface area (Å²) in [6.07, 6.45) is -3.43. The van der Waals surface area contributed by atoms with Gasteiger partial charge in [-0.15, -0.1) is 0 Å². The summed E-state index contributed by atoms with van der Waals surface area (Å²) in [5, 5.41) is 3.19. The molecule has 1 aliphatic carbocycles. The molecule has 8 heteroatoms. The van der Waals surface area contributed by atoms with E-state index < -0.39 is 29.2 Å². The second kappa shape index (κ2) is 6.33. The lowest BCUT2D eigenvalue weighted by Gasteiger charge is -2.12. The molecule has 0 amide bonds. The molecular formula is C13H17F3N2O2S. The Morgan fingerprint density at radius 2 is 1.86 bits per heavy atom. The highest BCUT2D eigenvalue weighted by Crippen LogP contribution is 2.22. The molecule has 2 rings (SSSR count). The van der Waals surface area contributed by atoms with Gasteiger partial charge in [-0.2, -0.15) is 13.2 Å². The second-order valence-electron chi connectivity index (χ2n) is 5.03. The number of nitrogens with one attached hydrogen (secondary N) is 2. The van der Waals surface area contributed by atoms with Gasteiger partial charge in [-0.05, 0) is 24.5 Å². The first kappa shape index (κ1) is 16.3. The van der Waals surface area contributed by atoms with E-state index in [9.17, 15) is 21.6 Å². The van der Waals surface area contributed by atoms with E-state index in [0.717, 1.165) is 12.8 Å². The van der Waals surface area contributed by atoms with Crippen molar-refractivity contribution in [3.63, 3.8) is 0 Å². The number of alkyl halides is 3. The van der Waals surface area contributed by atoms with Crippen molar-refractivity contribution in [2.24, 2.45) is 0 Å². The Hall–Kier alpha value is -1.12. The van der Waals surface area contributed by atoms with Crippen LogP contribution in [0.2, 0.25) is 0 Å². The molecule has 1 aliphatic rings. The Morgan fingerprint density at radius 3 is 2.48 bits per heavy atom. The third kappa shape index (κ3) is 5.29. The number of benzene rings is 1. The monoisotopic (exact) mass is 322 g/mol.